The van der Waals surface area contributed by atoms with E-state index in [9.17, 15) is 8.42 Å². The first-order valence-electron chi connectivity index (χ1n) is 6.55. The maximum absolute atomic E-state index is 12.2. The van der Waals surface area contributed by atoms with Gasteiger partial charge in [-0.15, -0.1) is 0 Å². The summed E-state index contributed by atoms with van der Waals surface area (Å²) in [7, 11) is -1.92. The Balaban J connectivity index is 2.97. The molecule has 0 saturated carbocycles. The number of nitrogens with one attached hydrogen (secondary N) is 1. The standard InChI is InChI=1S/C14H24N2O3S/c1-14(2,3)8-9-20(17,18)16-13-11(10-15)6-5-7-12(13)19-4/h5-7,16H,8-10,15H2,1-4H3. The van der Waals surface area contributed by atoms with Crippen LogP contribution >= 0.6 is 0 Å². The fraction of sp³-hybridized carbons (Fsp3) is 0.571. The van der Waals surface area contributed by atoms with Crippen LogP contribution < -0.4 is 15.2 Å². The molecule has 0 heterocycles. The van der Waals surface area contributed by atoms with Crippen LogP contribution in [0.4, 0.5) is 5.69 Å². The van der Waals surface area contributed by atoms with Crippen LogP contribution in [0.3, 0.4) is 0 Å². The predicted octanol–water partition coefficient (Wildman–Crippen LogP) is 2.33. The Kier molecular flexibility index (Phi) is 5.42. The molecule has 1 rings (SSSR count). The average Bonchev–Trinajstić information content (AvgIpc) is 2.36. The molecule has 0 aliphatic carbocycles. The van der Waals surface area contributed by atoms with Gasteiger partial charge in [0.2, 0.25) is 10.0 Å². The Bertz CT molecular complexity index is 526. The molecule has 0 atom stereocenters. The zero-order chi connectivity index (χ0) is 15.4. The lowest BCUT2D eigenvalue weighted by Gasteiger charge is -2.19. The highest BCUT2D eigenvalue weighted by molar-refractivity contribution is 7.92. The van der Waals surface area contributed by atoms with E-state index in [-0.39, 0.29) is 17.7 Å². The molecule has 0 saturated heterocycles. The SMILES string of the molecule is COc1cccc(CN)c1NS(=O)(=O)CCC(C)(C)C. The number of benzene rings is 1. The number of rotatable bonds is 6. The summed E-state index contributed by atoms with van der Waals surface area (Å²) in [5.41, 5.74) is 6.76. The molecule has 0 aromatic heterocycles. The lowest BCUT2D eigenvalue weighted by molar-refractivity contribution is 0.397. The van der Waals surface area contributed by atoms with Crippen molar-refractivity contribution < 1.29 is 13.2 Å². The predicted molar refractivity (Wildman–Crippen MR) is 82.4 cm³/mol. The highest BCUT2D eigenvalue weighted by atomic mass is 32.2. The summed E-state index contributed by atoms with van der Waals surface area (Å²) < 4.78 is 32.1. The number of hydrogen-bond acceptors (Lipinski definition) is 4. The van der Waals surface area contributed by atoms with Crippen molar-refractivity contribution in [3.05, 3.63) is 23.8 Å². The molecule has 0 spiro atoms. The maximum Gasteiger partial charge on any atom is 0.232 e. The van der Waals surface area contributed by atoms with Crippen LogP contribution in [0.5, 0.6) is 5.75 Å². The number of nitrogens with two attached hydrogens (primary N) is 1. The first-order valence-corrected chi connectivity index (χ1v) is 8.20. The molecule has 0 amide bonds. The van der Waals surface area contributed by atoms with Crippen LogP contribution in [-0.2, 0) is 16.6 Å². The van der Waals surface area contributed by atoms with Crippen LogP contribution in [0.1, 0.15) is 32.8 Å². The van der Waals surface area contributed by atoms with Gasteiger partial charge in [0.15, 0.2) is 0 Å². The monoisotopic (exact) mass is 300 g/mol. The summed E-state index contributed by atoms with van der Waals surface area (Å²) in [4.78, 5) is 0. The summed E-state index contributed by atoms with van der Waals surface area (Å²) in [5.74, 6) is 0.547. The van der Waals surface area contributed by atoms with Crippen LogP contribution in [0.15, 0.2) is 18.2 Å². The zero-order valence-electron chi connectivity index (χ0n) is 12.6. The summed E-state index contributed by atoms with van der Waals surface area (Å²) in [6.07, 6.45) is 0.579. The third-order valence-electron chi connectivity index (χ3n) is 2.93. The Morgan fingerprint density at radius 1 is 1.30 bits per heavy atom. The third-order valence-corrected chi connectivity index (χ3v) is 4.19. The number of hydrogen-bond donors (Lipinski definition) is 2. The molecule has 1 aromatic carbocycles. The van der Waals surface area contributed by atoms with Crippen molar-refractivity contribution in [3.63, 3.8) is 0 Å². The number of sulfonamides is 1. The Labute approximate surface area is 121 Å². The second-order valence-electron chi connectivity index (χ2n) is 5.93. The van der Waals surface area contributed by atoms with E-state index in [2.05, 4.69) is 4.72 Å². The van der Waals surface area contributed by atoms with Gasteiger partial charge in [-0.25, -0.2) is 8.42 Å². The van der Waals surface area contributed by atoms with Crippen molar-refractivity contribution in [3.8, 4) is 5.75 Å². The highest BCUT2D eigenvalue weighted by Crippen LogP contribution is 2.29. The molecule has 20 heavy (non-hydrogen) atoms. The zero-order valence-corrected chi connectivity index (χ0v) is 13.4. The lowest BCUT2D eigenvalue weighted by atomic mass is 9.94. The van der Waals surface area contributed by atoms with Gasteiger partial charge in [-0.3, -0.25) is 4.72 Å². The molecular formula is C14H24N2O3S. The summed E-state index contributed by atoms with van der Waals surface area (Å²) in [6.45, 7) is 6.28. The molecular weight excluding hydrogens is 276 g/mol. The molecule has 0 fully saturated rings. The molecule has 0 radical (unpaired) electrons. The smallest absolute Gasteiger partial charge is 0.232 e. The second-order valence-corrected chi connectivity index (χ2v) is 7.77. The van der Waals surface area contributed by atoms with E-state index in [1.807, 2.05) is 20.8 Å². The van der Waals surface area contributed by atoms with Crippen molar-refractivity contribution in [2.45, 2.75) is 33.7 Å². The van der Waals surface area contributed by atoms with Crippen LogP contribution in [0.25, 0.3) is 0 Å². The normalized spacial score (nSPS) is 12.2. The number of methoxy groups -OCH3 is 1. The van der Waals surface area contributed by atoms with E-state index >= 15 is 0 Å². The third kappa shape index (κ3) is 5.02. The first-order chi connectivity index (χ1) is 9.18. The van der Waals surface area contributed by atoms with Crippen molar-refractivity contribution in [1.29, 1.82) is 0 Å². The molecule has 0 bridgehead atoms. The van der Waals surface area contributed by atoms with Crippen molar-refractivity contribution in [2.24, 2.45) is 11.1 Å². The molecule has 0 unspecified atom stereocenters. The van der Waals surface area contributed by atoms with E-state index in [1.54, 1.807) is 18.2 Å². The largest absolute Gasteiger partial charge is 0.495 e. The van der Waals surface area contributed by atoms with Gasteiger partial charge in [0.05, 0.1) is 18.6 Å². The van der Waals surface area contributed by atoms with Gasteiger partial charge in [-0.2, -0.15) is 0 Å². The molecule has 0 aliphatic heterocycles. The molecule has 3 N–H and O–H groups in total. The van der Waals surface area contributed by atoms with Gasteiger partial charge in [-0.05, 0) is 23.5 Å². The highest BCUT2D eigenvalue weighted by Gasteiger charge is 2.20. The van der Waals surface area contributed by atoms with E-state index in [1.165, 1.54) is 7.11 Å². The van der Waals surface area contributed by atoms with Crippen molar-refractivity contribution in [1.82, 2.24) is 0 Å². The molecule has 5 nitrogen and oxygen atoms in total. The fourth-order valence-electron chi connectivity index (χ4n) is 1.68. The van der Waals surface area contributed by atoms with Gasteiger partial charge >= 0.3 is 0 Å². The summed E-state index contributed by atoms with van der Waals surface area (Å²) >= 11 is 0. The van der Waals surface area contributed by atoms with Gasteiger partial charge < -0.3 is 10.5 Å². The molecule has 6 heteroatoms. The van der Waals surface area contributed by atoms with Crippen LogP contribution in [0.2, 0.25) is 0 Å². The number of ether oxygens (including phenoxy) is 1. The van der Waals surface area contributed by atoms with E-state index in [4.69, 9.17) is 10.5 Å². The van der Waals surface area contributed by atoms with Crippen molar-refractivity contribution >= 4 is 15.7 Å². The minimum atomic E-state index is -3.42. The fourth-order valence-corrected chi connectivity index (χ4v) is 3.21. The van der Waals surface area contributed by atoms with Gasteiger partial charge in [0.25, 0.3) is 0 Å². The quantitative estimate of drug-likeness (QED) is 0.845. The first kappa shape index (κ1) is 16.8. The number of para-hydroxylation sites is 1. The lowest BCUT2D eigenvalue weighted by Crippen LogP contribution is -2.22. The number of anilines is 1. The minimum absolute atomic E-state index is 0.0355. The van der Waals surface area contributed by atoms with Crippen molar-refractivity contribution in [2.75, 3.05) is 17.6 Å². The van der Waals surface area contributed by atoms with E-state index < -0.39 is 10.0 Å². The van der Waals surface area contributed by atoms with Gasteiger partial charge in [0, 0.05) is 6.54 Å². The van der Waals surface area contributed by atoms with E-state index in [0.29, 0.717) is 23.4 Å². The molecule has 114 valence electrons. The Hall–Kier alpha value is -1.27. The van der Waals surface area contributed by atoms with Gasteiger partial charge in [-0.1, -0.05) is 32.9 Å². The Morgan fingerprint density at radius 2 is 1.95 bits per heavy atom. The van der Waals surface area contributed by atoms with Gasteiger partial charge in [0.1, 0.15) is 5.75 Å². The summed E-state index contributed by atoms with van der Waals surface area (Å²) in [6, 6.07) is 5.28. The van der Waals surface area contributed by atoms with Crippen LogP contribution in [0, 0.1) is 5.41 Å². The topological polar surface area (TPSA) is 81.4 Å². The van der Waals surface area contributed by atoms with Crippen LogP contribution in [-0.4, -0.2) is 21.3 Å². The average molecular weight is 300 g/mol. The maximum atomic E-state index is 12.2. The van der Waals surface area contributed by atoms with E-state index in [0.717, 1.165) is 0 Å². The minimum Gasteiger partial charge on any atom is -0.495 e. The Morgan fingerprint density at radius 3 is 2.45 bits per heavy atom. The molecule has 0 aliphatic rings. The summed E-state index contributed by atoms with van der Waals surface area (Å²) in [5, 5.41) is 0. The second kappa shape index (κ2) is 6.45. The molecule has 1 aromatic rings.